The van der Waals surface area contributed by atoms with Crippen molar-refractivity contribution in [2.45, 2.75) is 18.8 Å². The first-order valence-corrected chi connectivity index (χ1v) is 5.65. The maximum Gasteiger partial charge on any atom is 0.0409 e. The zero-order chi connectivity index (χ0) is 9.71. The molecule has 0 radical (unpaired) electrons. The van der Waals surface area contributed by atoms with Gasteiger partial charge in [-0.2, -0.15) is 0 Å². The van der Waals surface area contributed by atoms with Crippen LogP contribution in [0.5, 0.6) is 0 Å². The summed E-state index contributed by atoms with van der Waals surface area (Å²) >= 11 is 6.03. The monoisotopic (exact) mass is 207 g/mol. The maximum absolute atomic E-state index is 6.03. The Kier molecular flexibility index (Phi) is 1.86. The highest BCUT2D eigenvalue weighted by Crippen LogP contribution is 2.48. The third kappa shape index (κ3) is 1.06. The highest BCUT2D eigenvalue weighted by Gasteiger charge is 2.40. The highest BCUT2D eigenvalue weighted by molar-refractivity contribution is 6.30. The Morgan fingerprint density at radius 3 is 3.00 bits per heavy atom. The lowest BCUT2D eigenvalue weighted by Gasteiger charge is -2.12. The number of nitrogens with one attached hydrogen (secondary N) is 1. The smallest absolute Gasteiger partial charge is 0.0409 e. The number of rotatable bonds is 0. The van der Waals surface area contributed by atoms with Gasteiger partial charge in [0.15, 0.2) is 0 Å². The lowest BCUT2D eigenvalue weighted by Crippen LogP contribution is -2.12. The van der Waals surface area contributed by atoms with Crippen molar-refractivity contribution in [1.29, 1.82) is 0 Å². The van der Waals surface area contributed by atoms with Crippen molar-refractivity contribution in [2.75, 3.05) is 13.1 Å². The van der Waals surface area contributed by atoms with E-state index in [9.17, 15) is 0 Å². The Bertz CT molecular complexity index is 375. The van der Waals surface area contributed by atoms with E-state index in [1.165, 1.54) is 11.1 Å². The normalized spacial score (nSPS) is 34.3. The molecule has 1 saturated heterocycles. The molecule has 0 amide bonds. The summed E-state index contributed by atoms with van der Waals surface area (Å²) in [5.74, 6) is 2.20. The standard InChI is InChI=1S/C12H14ClN/c1-7-10-4-8(13)2-3-9(10)12-6-14-5-11(7)12/h2-4,7,11-12,14H,5-6H2,1H3/t7-,11-,12+/m0/s1. The largest absolute Gasteiger partial charge is 0.316 e. The number of hydrogen-bond donors (Lipinski definition) is 1. The van der Waals surface area contributed by atoms with Crippen LogP contribution in [0.1, 0.15) is 29.9 Å². The molecule has 0 unspecified atom stereocenters. The first kappa shape index (κ1) is 8.75. The van der Waals surface area contributed by atoms with Gasteiger partial charge in [-0.1, -0.05) is 24.6 Å². The second-order valence-electron chi connectivity index (χ2n) is 4.49. The van der Waals surface area contributed by atoms with Crippen molar-refractivity contribution in [3.63, 3.8) is 0 Å². The topological polar surface area (TPSA) is 12.0 Å². The molecule has 0 spiro atoms. The molecule has 1 N–H and O–H groups in total. The Balaban J connectivity index is 2.13. The van der Waals surface area contributed by atoms with Crippen LogP contribution in [-0.4, -0.2) is 13.1 Å². The van der Waals surface area contributed by atoms with Crippen molar-refractivity contribution < 1.29 is 0 Å². The minimum atomic E-state index is 0.670. The second kappa shape index (κ2) is 2.98. The molecule has 1 aromatic carbocycles. The lowest BCUT2D eigenvalue weighted by molar-refractivity contribution is 0.487. The lowest BCUT2D eigenvalue weighted by atomic mass is 9.91. The molecule has 3 atom stereocenters. The van der Waals surface area contributed by atoms with Crippen LogP contribution in [0.2, 0.25) is 5.02 Å². The first-order chi connectivity index (χ1) is 6.77. The fourth-order valence-corrected chi connectivity index (χ4v) is 3.25. The Hall–Kier alpha value is -0.530. The fourth-order valence-electron chi connectivity index (χ4n) is 3.07. The molecule has 1 nitrogen and oxygen atoms in total. The van der Waals surface area contributed by atoms with Gasteiger partial charge in [0.25, 0.3) is 0 Å². The van der Waals surface area contributed by atoms with E-state index in [1.807, 2.05) is 6.07 Å². The Labute approximate surface area is 89.5 Å². The average molecular weight is 208 g/mol. The minimum Gasteiger partial charge on any atom is -0.316 e. The van der Waals surface area contributed by atoms with E-state index in [0.29, 0.717) is 5.92 Å². The third-order valence-electron chi connectivity index (χ3n) is 3.84. The molecular formula is C12H14ClN. The predicted molar refractivity (Wildman–Crippen MR) is 59.0 cm³/mol. The molecule has 1 aliphatic heterocycles. The molecular weight excluding hydrogens is 194 g/mol. The summed E-state index contributed by atoms with van der Waals surface area (Å²) in [4.78, 5) is 0. The molecule has 3 rings (SSSR count). The summed E-state index contributed by atoms with van der Waals surface area (Å²) < 4.78 is 0. The summed E-state index contributed by atoms with van der Waals surface area (Å²) in [5.41, 5.74) is 3.01. The van der Waals surface area contributed by atoms with Crippen molar-refractivity contribution in [3.8, 4) is 0 Å². The SMILES string of the molecule is C[C@H]1c2cc(Cl)ccc2[C@H]2CNC[C@H]21. The van der Waals surface area contributed by atoms with Gasteiger partial charge in [0.1, 0.15) is 0 Å². The quantitative estimate of drug-likeness (QED) is 0.690. The summed E-state index contributed by atoms with van der Waals surface area (Å²) in [6, 6.07) is 6.39. The van der Waals surface area contributed by atoms with E-state index in [2.05, 4.69) is 24.4 Å². The van der Waals surface area contributed by atoms with Crippen LogP contribution < -0.4 is 5.32 Å². The second-order valence-corrected chi connectivity index (χ2v) is 4.93. The molecule has 0 saturated carbocycles. The van der Waals surface area contributed by atoms with E-state index in [1.54, 1.807) is 0 Å². The predicted octanol–water partition coefficient (Wildman–Crippen LogP) is 2.76. The number of halogens is 1. The van der Waals surface area contributed by atoms with Crippen LogP contribution in [-0.2, 0) is 0 Å². The van der Waals surface area contributed by atoms with Gasteiger partial charge in [-0.05, 0) is 41.6 Å². The van der Waals surface area contributed by atoms with E-state index in [4.69, 9.17) is 11.6 Å². The highest BCUT2D eigenvalue weighted by atomic mass is 35.5. The molecule has 0 aromatic heterocycles. The zero-order valence-electron chi connectivity index (χ0n) is 8.26. The van der Waals surface area contributed by atoms with Crippen molar-refractivity contribution in [1.82, 2.24) is 5.32 Å². The molecule has 1 aliphatic carbocycles. The molecule has 1 aromatic rings. The van der Waals surface area contributed by atoms with Gasteiger partial charge in [-0.25, -0.2) is 0 Å². The molecule has 0 bridgehead atoms. The fraction of sp³-hybridized carbons (Fsp3) is 0.500. The van der Waals surface area contributed by atoms with Crippen LogP contribution in [0.4, 0.5) is 0 Å². The van der Waals surface area contributed by atoms with Crippen LogP contribution >= 0.6 is 11.6 Å². The van der Waals surface area contributed by atoms with E-state index >= 15 is 0 Å². The van der Waals surface area contributed by atoms with Gasteiger partial charge in [0.05, 0.1) is 0 Å². The van der Waals surface area contributed by atoms with Crippen LogP contribution in [0.25, 0.3) is 0 Å². The van der Waals surface area contributed by atoms with Crippen LogP contribution in [0.3, 0.4) is 0 Å². The number of fused-ring (bicyclic) bond motifs is 3. The van der Waals surface area contributed by atoms with Gasteiger partial charge in [0, 0.05) is 17.5 Å². The summed E-state index contributed by atoms with van der Waals surface area (Å²) in [6.07, 6.45) is 0. The summed E-state index contributed by atoms with van der Waals surface area (Å²) in [5, 5.41) is 4.36. The van der Waals surface area contributed by atoms with Gasteiger partial charge < -0.3 is 5.32 Å². The van der Waals surface area contributed by atoms with Crippen LogP contribution in [0.15, 0.2) is 18.2 Å². The number of hydrogen-bond acceptors (Lipinski definition) is 1. The molecule has 14 heavy (non-hydrogen) atoms. The summed E-state index contributed by atoms with van der Waals surface area (Å²) in [6.45, 7) is 4.63. The Morgan fingerprint density at radius 2 is 2.14 bits per heavy atom. The molecule has 2 aliphatic rings. The van der Waals surface area contributed by atoms with Gasteiger partial charge in [0.2, 0.25) is 0 Å². The van der Waals surface area contributed by atoms with Crippen LogP contribution in [0, 0.1) is 5.92 Å². The number of benzene rings is 1. The molecule has 1 heterocycles. The van der Waals surface area contributed by atoms with E-state index in [0.717, 1.165) is 29.9 Å². The van der Waals surface area contributed by atoms with Crippen molar-refractivity contribution in [3.05, 3.63) is 34.3 Å². The van der Waals surface area contributed by atoms with Gasteiger partial charge >= 0.3 is 0 Å². The molecule has 74 valence electrons. The maximum atomic E-state index is 6.03. The Morgan fingerprint density at radius 1 is 1.29 bits per heavy atom. The van der Waals surface area contributed by atoms with Crippen molar-refractivity contribution >= 4 is 11.6 Å². The van der Waals surface area contributed by atoms with Gasteiger partial charge in [-0.3, -0.25) is 0 Å². The van der Waals surface area contributed by atoms with E-state index in [-0.39, 0.29) is 0 Å². The molecule has 2 heteroatoms. The summed E-state index contributed by atoms with van der Waals surface area (Å²) in [7, 11) is 0. The molecule has 1 fully saturated rings. The average Bonchev–Trinajstić information content (AvgIpc) is 2.72. The third-order valence-corrected chi connectivity index (χ3v) is 4.08. The minimum absolute atomic E-state index is 0.670. The zero-order valence-corrected chi connectivity index (χ0v) is 9.01. The first-order valence-electron chi connectivity index (χ1n) is 5.27. The van der Waals surface area contributed by atoms with Gasteiger partial charge in [-0.15, -0.1) is 0 Å². The van der Waals surface area contributed by atoms with E-state index < -0.39 is 0 Å². The van der Waals surface area contributed by atoms with Crippen molar-refractivity contribution in [2.24, 2.45) is 5.92 Å².